The fourth-order valence-electron chi connectivity index (χ4n) is 4.37. The van der Waals surface area contributed by atoms with E-state index in [9.17, 15) is 39.6 Å². The second-order valence-electron chi connectivity index (χ2n) is 9.66. The minimum absolute atomic E-state index is 0.113. The third-order valence-corrected chi connectivity index (χ3v) is 6.30. The third kappa shape index (κ3) is 8.95. The minimum Gasteiger partial charge on any atom is -0.480 e. The number of carbonyl (C=O) groups is 4. The number of aromatic nitrogens is 4. The van der Waals surface area contributed by atoms with Crippen LogP contribution >= 0.6 is 0 Å². The van der Waals surface area contributed by atoms with Gasteiger partial charge < -0.3 is 20.4 Å². The molecule has 0 radical (unpaired) electrons. The fraction of sp³-hybridized carbons (Fsp3) is 0.200. The van der Waals surface area contributed by atoms with Crippen LogP contribution in [0.5, 0.6) is 0 Å². The van der Waals surface area contributed by atoms with Gasteiger partial charge in [0.1, 0.15) is 11.4 Å². The topological polar surface area (TPSA) is 207 Å². The summed E-state index contributed by atoms with van der Waals surface area (Å²) < 4.78 is 0. The lowest BCUT2D eigenvalue weighted by atomic mass is 10.2. The van der Waals surface area contributed by atoms with Gasteiger partial charge in [0.25, 0.3) is 0 Å². The first-order valence-electron chi connectivity index (χ1n) is 13.3. The second-order valence-corrected chi connectivity index (χ2v) is 9.66. The molecule has 0 unspecified atom stereocenters. The number of hydrogen-bond acceptors (Lipinski definition) is 10. The molecule has 0 aliphatic rings. The van der Waals surface area contributed by atoms with Crippen molar-refractivity contribution in [3.8, 4) is 22.8 Å². The molecule has 0 aromatic carbocycles. The average molecular weight is 601 g/mol. The van der Waals surface area contributed by atoms with Crippen molar-refractivity contribution in [2.75, 3.05) is 26.2 Å². The van der Waals surface area contributed by atoms with Crippen LogP contribution in [0.4, 0.5) is 0 Å². The average Bonchev–Trinajstić information content (AvgIpc) is 2.99. The third-order valence-electron chi connectivity index (χ3n) is 6.30. The molecule has 4 aromatic heterocycles. The van der Waals surface area contributed by atoms with Crippen LogP contribution in [0.2, 0.25) is 0 Å². The predicted octanol–water partition coefficient (Wildman–Crippen LogP) is 2.47. The Bertz CT molecular complexity index is 1560. The standard InChI is InChI=1S/C30H28N6O8/c37-27(38)17-36(18-28(39)40)14-13-35(15-19-5-1-7-21(31-19)23-9-3-11-25(33-23)29(41)42)16-20-6-2-8-22(32-20)24-10-4-12-26(34-24)30(43)44/h1-12H,13-18H2,(H,37,38)(H,39,40)(H,41,42)(H,43,44). The van der Waals surface area contributed by atoms with Gasteiger partial charge in [-0.3, -0.25) is 19.4 Å². The molecule has 0 saturated carbocycles. The van der Waals surface area contributed by atoms with E-state index in [4.69, 9.17) is 0 Å². The largest absolute Gasteiger partial charge is 0.480 e. The molecular formula is C30H28N6O8. The lowest BCUT2D eigenvalue weighted by molar-refractivity contribution is -0.141. The normalized spacial score (nSPS) is 11.0. The Morgan fingerprint density at radius 2 is 0.864 bits per heavy atom. The first kappa shape index (κ1) is 31.3. The van der Waals surface area contributed by atoms with E-state index in [1.165, 1.54) is 17.0 Å². The van der Waals surface area contributed by atoms with E-state index in [-0.39, 0.29) is 37.6 Å². The number of rotatable bonds is 15. The number of aromatic carboxylic acids is 2. The summed E-state index contributed by atoms with van der Waals surface area (Å²) in [5, 5.41) is 37.1. The van der Waals surface area contributed by atoms with Crippen LogP contribution in [0.25, 0.3) is 22.8 Å². The van der Waals surface area contributed by atoms with Gasteiger partial charge in [0.15, 0.2) is 0 Å². The van der Waals surface area contributed by atoms with Gasteiger partial charge >= 0.3 is 23.9 Å². The van der Waals surface area contributed by atoms with Crippen molar-refractivity contribution in [2.24, 2.45) is 0 Å². The lowest BCUT2D eigenvalue weighted by Crippen LogP contribution is -2.40. The van der Waals surface area contributed by atoms with Gasteiger partial charge in [-0.15, -0.1) is 0 Å². The van der Waals surface area contributed by atoms with E-state index in [0.717, 1.165) is 0 Å². The number of aliphatic carboxylic acids is 2. The SMILES string of the molecule is O=C(O)CN(CCN(Cc1cccc(-c2cccc(C(=O)O)n2)n1)Cc1cccc(-c2cccc(C(=O)O)n2)n1)CC(=O)O. The van der Waals surface area contributed by atoms with Crippen LogP contribution in [0.1, 0.15) is 32.4 Å². The summed E-state index contributed by atoms with van der Waals surface area (Å²) in [5.74, 6) is -4.65. The molecule has 0 saturated heterocycles. The van der Waals surface area contributed by atoms with Crippen LogP contribution < -0.4 is 0 Å². The zero-order chi connectivity index (χ0) is 31.6. The minimum atomic E-state index is -1.17. The number of hydrogen-bond donors (Lipinski definition) is 4. The highest BCUT2D eigenvalue weighted by Gasteiger charge is 2.18. The Morgan fingerprint density at radius 3 is 1.25 bits per heavy atom. The van der Waals surface area contributed by atoms with Crippen LogP contribution in [0, 0.1) is 0 Å². The van der Waals surface area contributed by atoms with Crippen LogP contribution in [-0.4, -0.2) is 100 Å². The van der Waals surface area contributed by atoms with Crippen molar-refractivity contribution < 1.29 is 39.6 Å². The summed E-state index contributed by atoms with van der Waals surface area (Å²) in [7, 11) is 0. The summed E-state index contributed by atoms with van der Waals surface area (Å²) in [6, 6.07) is 19.7. The molecule has 4 heterocycles. The van der Waals surface area contributed by atoms with Gasteiger partial charge in [0, 0.05) is 26.2 Å². The highest BCUT2D eigenvalue weighted by molar-refractivity contribution is 5.86. The van der Waals surface area contributed by atoms with E-state index in [2.05, 4.69) is 19.9 Å². The second kappa shape index (κ2) is 14.5. The molecular weight excluding hydrogens is 572 g/mol. The molecule has 4 aromatic rings. The highest BCUT2D eigenvalue weighted by Crippen LogP contribution is 2.19. The summed E-state index contributed by atoms with van der Waals surface area (Å²) in [6.07, 6.45) is 0. The van der Waals surface area contributed by atoms with E-state index in [0.29, 0.717) is 34.2 Å². The summed E-state index contributed by atoms with van der Waals surface area (Å²) in [5.41, 5.74) is 2.60. The van der Waals surface area contributed by atoms with E-state index in [1.807, 2.05) is 4.90 Å². The molecule has 4 N–H and O–H groups in total. The summed E-state index contributed by atoms with van der Waals surface area (Å²) >= 11 is 0. The van der Waals surface area contributed by atoms with Gasteiger partial charge in [0.2, 0.25) is 0 Å². The van der Waals surface area contributed by atoms with Gasteiger partial charge in [-0.25, -0.2) is 29.5 Å². The number of pyridine rings is 4. The maximum Gasteiger partial charge on any atom is 0.354 e. The van der Waals surface area contributed by atoms with Crippen molar-refractivity contribution in [1.29, 1.82) is 0 Å². The fourth-order valence-corrected chi connectivity index (χ4v) is 4.37. The van der Waals surface area contributed by atoms with Crippen LogP contribution in [-0.2, 0) is 22.7 Å². The molecule has 0 aliphatic heterocycles. The molecule has 4 rings (SSSR count). The molecule has 0 bridgehead atoms. The van der Waals surface area contributed by atoms with E-state index >= 15 is 0 Å². The van der Waals surface area contributed by atoms with Crippen LogP contribution in [0.3, 0.4) is 0 Å². The molecule has 0 aliphatic carbocycles. The zero-order valence-electron chi connectivity index (χ0n) is 23.3. The Kier molecular flexibility index (Phi) is 10.3. The van der Waals surface area contributed by atoms with Gasteiger partial charge in [-0.05, 0) is 48.5 Å². The molecule has 0 atom stereocenters. The first-order chi connectivity index (χ1) is 21.1. The van der Waals surface area contributed by atoms with Crippen molar-refractivity contribution in [3.05, 3.63) is 95.6 Å². The molecule has 226 valence electrons. The molecule has 14 nitrogen and oxygen atoms in total. The van der Waals surface area contributed by atoms with Crippen molar-refractivity contribution in [3.63, 3.8) is 0 Å². The molecule has 44 heavy (non-hydrogen) atoms. The van der Waals surface area contributed by atoms with Crippen molar-refractivity contribution >= 4 is 23.9 Å². The van der Waals surface area contributed by atoms with Crippen molar-refractivity contribution in [1.82, 2.24) is 29.7 Å². The number of nitrogens with zero attached hydrogens (tertiary/aromatic N) is 6. The molecule has 0 fully saturated rings. The maximum atomic E-state index is 11.4. The van der Waals surface area contributed by atoms with Gasteiger partial charge in [-0.1, -0.05) is 24.3 Å². The van der Waals surface area contributed by atoms with Gasteiger partial charge in [0.05, 0.1) is 47.3 Å². The molecule has 0 spiro atoms. The van der Waals surface area contributed by atoms with Crippen LogP contribution in [0.15, 0.2) is 72.8 Å². The number of carboxylic acids is 4. The Labute approximate surface area is 250 Å². The first-order valence-corrected chi connectivity index (χ1v) is 13.3. The van der Waals surface area contributed by atoms with Crippen molar-refractivity contribution in [2.45, 2.75) is 13.1 Å². The summed E-state index contributed by atoms with van der Waals surface area (Å²) in [4.78, 5) is 66.3. The van der Waals surface area contributed by atoms with E-state index in [1.54, 1.807) is 60.7 Å². The smallest absolute Gasteiger partial charge is 0.354 e. The molecule has 14 heteroatoms. The summed E-state index contributed by atoms with van der Waals surface area (Å²) in [6.45, 7) is -0.0595. The zero-order valence-corrected chi connectivity index (χ0v) is 23.3. The van der Waals surface area contributed by atoms with Gasteiger partial charge in [-0.2, -0.15) is 0 Å². The number of carboxylic acid groups (broad SMARTS) is 4. The monoisotopic (exact) mass is 600 g/mol. The Balaban J connectivity index is 1.61. The predicted molar refractivity (Wildman–Crippen MR) is 155 cm³/mol. The highest BCUT2D eigenvalue weighted by atomic mass is 16.4. The Morgan fingerprint density at radius 1 is 0.500 bits per heavy atom. The molecule has 0 amide bonds. The van der Waals surface area contributed by atoms with E-state index < -0.39 is 37.0 Å². The Hall–Kier alpha value is -5.60. The quantitative estimate of drug-likeness (QED) is 0.155. The lowest BCUT2D eigenvalue weighted by Gasteiger charge is -2.26. The maximum absolute atomic E-state index is 11.4.